The van der Waals surface area contributed by atoms with Crippen molar-refractivity contribution in [1.82, 2.24) is 13.4 Å². The molecule has 0 saturated carbocycles. The van der Waals surface area contributed by atoms with E-state index in [2.05, 4.69) is 5.32 Å². The van der Waals surface area contributed by atoms with E-state index in [0.29, 0.717) is 16.7 Å². The number of rotatable bonds is 6. The Balaban J connectivity index is 1.91. The van der Waals surface area contributed by atoms with E-state index in [9.17, 15) is 22.8 Å². The van der Waals surface area contributed by atoms with Crippen molar-refractivity contribution in [3.8, 4) is 0 Å². The number of amides is 1. The van der Waals surface area contributed by atoms with Crippen molar-refractivity contribution in [2.75, 3.05) is 18.9 Å². The van der Waals surface area contributed by atoms with Gasteiger partial charge >= 0.3 is 11.1 Å². The number of sulfonamides is 1. The monoisotopic (exact) mass is 458 g/mol. The van der Waals surface area contributed by atoms with Crippen molar-refractivity contribution in [3.05, 3.63) is 68.2 Å². The first kappa shape index (κ1) is 23.4. The summed E-state index contributed by atoms with van der Waals surface area (Å²) in [5.41, 5.74) is 1.80. The summed E-state index contributed by atoms with van der Waals surface area (Å²) in [5.74, 6) is -0.462. The van der Waals surface area contributed by atoms with Crippen molar-refractivity contribution in [1.29, 1.82) is 0 Å². The maximum atomic E-state index is 13.1. The highest BCUT2D eigenvalue weighted by Gasteiger charge is 2.24. The molecule has 0 radical (unpaired) electrons. The molecular formula is C22H26N4O5S. The highest BCUT2D eigenvalue weighted by atomic mass is 32.2. The number of aryl methyl sites for hydroxylation is 4. The first-order chi connectivity index (χ1) is 15.0. The summed E-state index contributed by atoms with van der Waals surface area (Å²) in [6.07, 6.45) is 0.726. The number of nitrogens with zero attached hydrogens (tertiary/aromatic N) is 3. The SMILES string of the molecule is CCc1cccc(C)c1NC(=O)CN(C)S(=O)(=O)c1ccc2c(c1)n(C)c(=O)c(=O)n2C. The molecule has 9 nitrogen and oxygen atoms in total. The Labute approximate surface area is 186 Å². The summed E-state index contributed by atoms with van der Waals surface area (Å²) < 4.78 is 29.4. The molecule has 2 aromatic carbocycles. The van der Waals surface area contributed by atoms with Crippen LogP contribution in [0.2, 0.25) is 0 Å². The predicted molar refractivity (Wildman–Crippen MR) is 123 cm³/mol. The molecule has 0 aliphatic heterocycles. The quantitative estimate of drug-likeness (QED) is 0.561. The first-order valence-electron chi connectivity index (χ1n) is 10.0. The second-order valence-corrected chi connectivity index (χ2v) is 9.70. The number of fused-ring (bicyclic) bond motifs is 1. The van der Waals surface area contributed by atoms with E-state index in [1.165, 1.54) is 43.9 Å². The highest BCUT2D eigenvalue weighted by Crippen LogP contribution is 2.22. The number of anilines is 1. The highest BCUT2D eigenvalue weighted by molar-refractivity contribution is 7.89. The van der Waals surface area contributed by atoms with Crippen molar-refractivity contribution >= 4 is 32.7 Å². The zero-order valence-corrected chi connectivity index (χ0v) is 19.5. The third-order valence-electron chi connectivity index (χ3n) is 5.54. The lowest BCUT2D eigenvalue weighted by molar-refractivity contribution is -0.116. The third-order valence-corrected chi connectivity index (χ3v) is 7.34. The molecule has 0 spiro atoms. The number of para-hydroxylation sites is 1. The first-order valence-corrected chi connectivity index (χ1v) is 11.5. The molecule has 3 aromatic rings. The van der Waals surface area contributed by atoms with Crippen LogP contribution in [0.25, 0.3) is 11.0 Å². The Kier molecular flexibility index (Phi) is 6.38. The zero-order valence-electron chi connectivity index (χ0n) is 18.7. The van der Waals surface area contributed by atoms with Crippen LogP contribution in [-0.2, 0) is 35.3 Å². The van der Waals surface area contributed by atoms with E-state index in [0.717, 1.165) is 26.4 Å². The van der Waals surface area contributed by atoms with Crippen LogP contribution in [0.5, 0.6) is 0 Å². The predicted octanol–water partition coefficient (Wildman–Crippen LogP) is 1.37. The van der Waals surface area contributed by atoms with Gasteiger partial charge in [0.15, 0.2) is 0 Å². The molecule has 1 aromatic heterocycles. The van der Waals surface area contributed by atoms with Gasteiger partial charge in [-0.2, -0.15) is 4.31 Å². The molecule has 1 heterocycles. The molecule has 1 amide bonds. The molecule has 1 N–H and O–H groups in total. The fourth-order valence-electron chi connectivity index (χ4n) is 3.57. The van der Waals surface area contributed by atoms with Crippen molar-refractivity contribution in [3.63, 3.8) is 0 Å². The number of carbonyl (C=O) groups is 1. The lowest BCUT2D eigenvalue weighted by Crippen LogP contribution is -2.39. The van der Waals surface area contributed by atoms with Gasteiger partial charge in [-0.15, -0.1) is 0 Å². The van der Waals surface area contributed by atoms with Gasteiger partial charge in [0.05, 0.1) is 22.5 Å². The Hall–Kier alpha value is -3.24. The molecule has 0 aliphatic rings. The van der Waals surface area contributed by atoms with Gasteiger partial charge in [-0.1, -0.05) is 25.1 Å². The van der Waals surface area contributed by atoms with Crippen molar-refractivity contribution in [2.45, 2.75) is 25.2 Å². The van der Waals surface area contributed by atoms with E-state index < -0.39 is 27.0 Å². The van der Waals surface area contributed by atoms with Gasteiger partial charge in [0.1, 0.15) is 0 Å². The number of nitrogens with one attached hydrogen (secondary N) is 1. The fraction of sp³-hybridized carbons (Fsp3) is 0.318. The molecule has 10 heteroatoms. The van der Waals surface area contributed by atoms with Gasteiger partial charge in [-0.05, 0) is 42.7 Å². The second-order valence-electron chi connectivity index (χ2n) is 7.65. The van der Waals surface area contributed by atoms with Crippen LogP contribution in [0.1, 0.15) is 18.1 Å². The van der Waals surface area contributed by atoms with Gasteiger partial charge in [0, 0.05) is 26.8 Å². The van der Waals surface area contributed by atoms with Gasteiger partial charge in [-0.25, -0.2) is 8.42 Å². The van der Waals surface area contributed by atoms with E-state index in [1.807, 2.05) is 32.0 Å². The summed E-state index contributed by atoms with van der Waals surface area (Å²) in [7, 11) is 0.152. The summed E-state index contributed by atoms with van der Waals surface area (Å²) in [6.45, 7) is 3.47. The molecule has 0 saturated heterocycles. The maximum absolute atomic E-state index is 13.1. The van der Waals surface area contributed by atoms with Crippen LogP contribution in [0.15, 0.2) is 50.9 Å². The molecule has 32 heavy (non-hydrogen) atoms. The normalized spacial score (nSPS) is 11.8. The fourth-order valence-corrected chi connectivity index (χ4v) is 4.72. The Morgan fingerprint density at radius 3 is 2.28 bits per heavy atom. The molecule has 170 valence electrons. The zero-order chi connectivity index (χ0) is 23.8. The molecule has 0 aliphatic carbocycles. The lowest BCUT2D eigenvalue weighted by Gasteiger charge is -2.19. The number of benzene rings is 2. The summed E-state index contributed by atoms with van der Waals surface area (Å²) in [4.78, 5) is 36.6. The Morgan fingerprint density at radius 2 is 1.66 bits per heavy atom. The minimum atomic E-state index is -4.03. The molecule has 3 rings (SSSR count). The van der Waals surface area contributed by atoms with Crippen LogP contribution >= 0.6 is 0 Å². The lowest BCUT2D eigenvalue weighted by atomic mass is 10.1. The largest absolute Gasteiger partial charge is 0.324 e. The standard InChI is InChI=1S/C22H26N4O5S/c1-6-15-9-7-8-14(2)20(15)23-19(27)13-24(3)32(30,31)16-10-11-17-18(12-16)26(5)22(29)21(28)25(17)4/h7-12H,6,13H2,1-5H3,(H,23,27). The second kappa shape index (κ2) is 8.71. The minimum absolute atomic E-state index is 0.0842. The average Bonchev–Trinajstić information content (AvgIpc) is 2.76. The third kappa shape index (κ3) is 4.11. The van der Waals surface area contributed by atoms with Crippen LogP contribution in [-0.4, -0.2) is 41.4 Å². The molecule has 0 unspecified atom stereocenters. The van der Waals surface area contributed by atoms with E-state index in [4.69, 9.17) is 0 Å². The number of carbonyl (C=O) groups excluding carboxylic acids is 1. The maximum Gasteiger partial charge on any atom is 0.316 e. The smallest absolute Gasteiger partial charge is 0.316 e. The summed E-state index contributed by atoms with van der Waals surface area (Å²) in [5, 5.41) is 2.82. The van der Waals surface area contributed by atoms with Crippen molar-refractivity contribution < 1.29 is 13.2 Å². The van der Waals surface area contributed by atoms with Crippen LogP contribution in [0.4, 0.5) is 5.69 Å². The van der Waals surface area contributed by atoms with Gasteiger partial charge < -0.3 is 14.5 Å². The average molecular weight is 459 g/mol. The van der Waals surface area contributed by atoms with Gasteiger partial charge in [0.2, 0.25) is 15.9 Å². The molecular weight excluding hydrogens is 432 g/mol. The summed E-state index contributed by atoms with van der Waals surface area (Å²) >= 11 is 0. The van der Waals surface area contributed by atoms with Crippen LogP contribution in [0, 0.1) is 6.92 Å². The van der Waals surface area contributed by atoms with Crippen molar-refractivity contribution in [2.24, 2.45) is 14.1 Å². The summed E-state index contributed by atoms with van der Waals surface area (Å²) in [6, 6.07) is 9.85. The number of likely N-dealkylation sites (N-methyl/N-ethyl adjacent to an activating group) is 1. The Morgan fingerprint density at radius 1 is 1.03 bits per heavy atom. The van der Waals surface area contributed by atoms with E-state index >= 15 is 0 Å². The number of hydrogen-bond donors (Lipinski definition) is 1. The minimum Gasteiger partial charge on any atom is -0.324 e. The van der Waals surface area contributed by atoms with Gasteiger partial charge in [-0.3, -0.25) is 14.4 Å². The van der Waals surface area contributed by atoms with E-state index in [-0.39, 0.29) is 11.4 Å². The van der Waals surface area contributed by atoms with E-state index in [1.54, 1.807) is 0 Å². The molecule has 0 atom stereocenters. The number of hydrogen-bond acceptors (Lipinski definition) is 5. The van der Waals surface area contributed by atoms with Gasteiger partial charge in [0.25, 0.3) is 0 Å². The molecule has 0 fully saturated rings. The Bertz CT molecular complexity index is 1440. The molecule has 0 bridgehead atoms. The topological polar surface area (TPSA) is 110 Å². The van der Waals surface area contributed by atoms with Crippen LogP contribution < -0.4 is 16.4 Å². The number of aromatic nitrogens is 2. The van der Waals surface area contributed by atoms with Crippen LogP contribution in [0.3, 0.4) is 0 Å².